The Labute approximate surface area is 185 Å². The molecule has 0 aliphatic rings. The van der Waals surface area contributed by atoms with Gasteiger partial charge in [0.2, 0.25) is 5.91 Å². The van der Waals surface area contributed by atoms with E-state index in [2.05, 4.69) is 15.8 Å². The number of nitriles is 1. The molecular formula is C22H26N4O4S. The lowest BCUT2D eigenvalue weighted by Gasteiger charge is -2.20. The molecule has 1 heterocycles. The second-order valence-electron chi connectivity index (χ2n) is 6.87. The minimum absolute atomic E-state index is 0.0850. The average Bonchev–Trinajstić information content (AvgIpc) is 3.24. The fourth-order valence-electron chi connectivity index (χ4n) is 2.67. The SMILES string of the molecule is CCOc1cc(/C=N/NC(=O)[C@@H](NC(=O)Cc2cccs2)C(C)C)ccc1OCC#N. The van der Waals surface area contributed by atoms with Gasteiger partial charge in [-0.15, -0.1) is 11.3 Å². The number of hydrazone groups is 1. The summed E-state index contributed by atoms with van der Waals surface area (Å²) in [5, 5.41) is 17.3. The van der Waals surface area contributed by atoms with Crippen LogP contribution in [0.25, 0.3) is 0 Å². The summed E-state index contributed by atoms with van der Waals surface area (Å²) < 4.78 is 10.9. The molecule has 8 nitrogen and oxygen atoms in total. The third kappa shape index (κ3) is 7.75. The Balaban J connectivity index is 1.98. The Morgan fingerprint density at radius 1 is 1.26 bits per heavy atom. The molecule has 2 amide bonds. The maximum Gasteiger partial charge on any atom is 0.262 e. The summed E-state index contributed by atoms with van der Waals surface area (Å²) >= 11 is 1.50. The first-order chi connectivity index (χ1) is 14.9. The molecule has 0 spiro atoms. The number of hydrogen-bond acceptors (Lipinski definition) is 7. The van der Waals surface area contributed by atoms with Crippen molar-refractivity contribution >= 4 is 29.4 Å². The largest absolute Gasteiger partial charge is 0.490 e. The maximum absolute atomic E-state index is 12.5. The monoisotopic (exact) mass is 442 g/mol. The third-order valence-electron chi connectivity index (χ3n) is 4.13. The van der Waals surface area contributed by atoms with Gasteiger partial charge in [-0.05, 0) is 48.1 Å². The van der Waals surface area contributed by atoms with Crippen molar-refractivity contribution in [2.45, 2.75) is 33.2 Å². The first-order valence-electron chi connectivity index (χ1n) is 9.85. The third-order valence-corrected chi connectivity index (χ3v) is 5.01. The molecule has 2 rings (SSSR count). The van der Waals surface area contributed by atoms with Crippen LogP contribution in [0.4, 0.5) is 0 Å². The normalized spacial score (nSPS) is 11.7. The predicted molar refractivity (Wildman–Crippen MR) is 119 cm³/mol. The highest BCUT2D eigenvalue weighted by Gasteiger charge is 2.24. The molecule has 1 atom stereocenters. The van der Waals surface area contributed by atoms with Crippen LogP contribution >= 0.6 is 11.3 Å². The zero-order chi connectivity index (χ0) is 22.6. The summed E-state index contributed by atoms with van der Waals surface area (Å²) in [7, 11) is 0. The zero-order valence-corrected chi connectivity index (χ0v) is 18.6. The van der Waals surface area contributed by atoms with Gasteiger partial charge in [0.15, 0.2) is 18.1 Å². The number of amides is 2. The quantitative estimate of drug-likeness (QED) is 0.410. The highest BCUT2D eigenvalue weighted by molar-refractivity contribution is 7.10. The van der Waals surface area contributed by atoms with Crippen molar-refractivity contribution in [3.05, 3.63) is 46.2 Å². The molecule has 2 aromatic rings. The molecule has 0 aliphatic heterocycles. The van der Waals surface area contributed by atoms with E-state index in [0.717, 1.165) is 4.88 Å². The van der Waals surface area contributed by atoms with Gasteiger partial charge in [-0.25, -0.2) is 5.43 Å². The number of ether oxygens (including phenoxy) is 2. The molecule has 9 heteroatoms. The summed E-state index contributed by atoms with van der Waals surface area (Å²) in [6.07, 6.45) is 1.71. The van der Waals surface area contributed by atoms with Crippen LogP contribution in [0.5, 0.6) is 11.5 Å². The number of nitrogens with zero attached hydrogens (tertiary/aromatic N) is 2. The Kier molecular flexibility index (Phi) is 9.52. The minimum atomic E-state index is -0.703. The van der Waals surface area contributed by atoms with E-state index in [1.807, 2.05) is 44.4 Å². The number of benzene rings is 1. The van der Waals surface area contributed by atoms with Crippen molar-refractivity contribution in [2.75, 3.05) is 13.2 Å². The van der Waals surface area contributed by atoms with E-state index in [-0.39, 0.29) is 24.9 Å². The molecule has 2 N–H and O–H groups in total. The standard InChI is InChI=1S/C22H26N4O4S/c1-4-29-19-12-16(7-8-18(19)30-10-9-23)14-24-26-22(28)21(15(2)3)25-20(27)13-17-6-5-11-31-17/h5-8,11-12,14-15,21H,4,10,13H2,1-3H3,(H,25,27)(H,26,28)/b24-14+/t21-/m0/s1. The van der Waals surface area contributed by atoms with Gasteiger partial charge in [0, 0.05) is 4.88 Å². The van der Waals surface area contributed by atoms with Crippen molar-refractivity contribution in [2.24, 2.45) is 11.0 Å². The Bertz CT molecular complexity index is 935. The highest BCUT2D eigenvalue weighted by atomic mass is 32.1. The van der Waals surface area contributed by atoms with Crippen LogP contribution in [-0.4, -0.2) is 37.3 Å². The van der Waals surface area contributed by atoms with Crippen LogP contribution in [0.15, 0.2) is 40.8 Å². The van der Waals surface area contributed by atoms with Crippen LogP contribution in [0, 0.1) is 17.2 Å². The Morgan fingerprint density at radius 3 is 2.71 bits per heavy atom. The van der Waals surface area contributed by atoms with Gasteiger partial charge in [0.1, 0.15) is 12.1 Å². The lowest BCUT2D eigenvalue weighted by molar-refractivity contribution is -0.129. The smallest absolute Gasteiger partial charge is 0.262 e. The van der Waals surface area contributed by atoms with Gasteiger partial charge in [-0.2, -0.15) is 10.4 Å². The lowest BCUT2D eigenvalue weighted by Crippen LogP contribution is -2.49. The number of nitrogens with one attached hydrogen (secondary N) is 2. The van der Waals surface area contributed by atoms with Gasteiger partial charge < -0.3 is 14.8 Å². The van der Waals surface area contributed by atoms with Crippen molar-refractivity contribution in [1.82, 2.24) is 10.7 Å². The maximum atomic E-state index is 12.5. The van der Waals surface area contributed by atoms with E-state index in [0.29, 0.717) is 23.7 Å². The molecule has 0 fully saturated rings. The van der Waals surface area contributed by atoms with Crippen LogP contribution in [0.2, 0.25) is 0 Å². The Morgan fingerprint density at radius 2 is 2.06 bits per heavy atom. The number of carbonyl (C=O) groups is 2. The van der Waals surface area contributed by atoms with E-state index in [1.54, 1.807) is 18.2 Å². The summed E-state index contributed by atoms with van der Waals surface area (Å²) in [4.78, 5) is 25.7. The van der Waals surface area contributed by atoms with E-state index >= 15 is 0 Å². The van der Waals surface area contributed by atoms with E-state index in [1.165, 1.54) is 17.6 Å². The number of rotatable bonds is 11. The topological polar surface area (TPSA) is 113 Å². The highest BCUT2D eigenvalue weighted by Crippen LogP contribution is 2.28. The summed E-state index contributed by atoms with van der Waals surface area (Å²) in [5.74, 6) is 0.217. The van der Waals surface area contributed by atoms with Crippen molar-refractivity contribution in [3.63, 3.8) is 0 Å². The van der Waals surface area contributed by atoms with Gasteiger partial charge in [0.05, 0.1) is 19.2 Å². The second-order valence-corrected chi connectivity index (χ2v) is 7.90. The second kappa shape index (κ2) is 12.3. The van der Waals surface area contributed by atoms with Gasteiger partial charge in [0.25, 0.3) is 5.91 Å². The van der Waals surface area contributed by atoms with Crippen molar-refractivity contribution < 1.29 is 19.1 Å². The summed E-state index contributed by atoms with van der Waals surface area (Å²) in [6.45, 7) is 5.90. The van der Waals surface area contributed by atoms with Crippen molar-refractivity contribution in [1.29, 1.82) is 5.26 Å². The van der Waals surface area contributed by atoms with E-state index < -0.39 is 11.9 Å². The average molecular weight is 443 g/mol. The minimum Gasteiger partial charge on any atom is -0.490 e. The summed E-state index contributed by atoms with van der Waals surface area (Å²) in [6, 6.07) is 10.1. The van der Waals surface area contributed by atoms with Gasteiger partial charge in [-0.1, -0.05) is 19.9 Å². The molecule has 0 aliphatic carbocycles. The van der Waals surface area contributed by atoms with E-state index in [4.69, 9.17) is 14.7 Å². The fraction of sp³-hybridized carbons (Fsp3) is 0.364. The molecule has 1 aromatic carbocycles. The van der Waals surface area contributed by atoms with Gasteiger partial charge in [-0.3, -0.25) is 9.59 Å². The molecule has 0 unspecified atom stereocenters. The molecule has 164 valence electrons. The summed E-state index contributed by atoms with van der Waals surface area (Å²) in [5.41, 5.74) is 3.16. The number of thiophene rings is 1. The molecule has 1 aromatic heterocycles. The van der Waals surface area contributed by atoms with Gasteiger partial charge >= 0.3 is 0 Å². The molecule has 0 radical (unpaired) electrons. The fourth-order valence-corrected chi connectivity index (χ4v) is 3.38. The predicted octanol–water partition coefficient (Wildman–Crippen LogP) is 2.88. The number of hydrogen-bond donors (Lipinski definition) is 2. The van der Waals surface area contributed by atoms with E-state index in [9.17, 15) is 9.59 Å². The van der Waals surface area contributed by atoms with Crippen LogP contribution in [0.3, 0.4) is 0 Å². The van der Waals surface area contributed by atoms with Crippen LogP contribution in [0.1, 0.15) is 31.2 Å². The van der Waals surface area contributed by atoms with Crippen molar-refractivity contribution in [3.8, 4) is 17.6 Å². The first-order valence-corrected chi connectivity index (χ1v) is 10.7. The molecular weight excluding hydrogens is 416 g/mol. The molecule has 0 saturated carbocycles. The van der Waals surface area contributed by atoms with Crippen LogP contribution < -0.4 is 20.2 Å². The molecule has 0 bridgehead atoms. The Hall–Kier alpha value is -3.38. The lowest BCUT2D eigenvalue weighted by atomic mass is 10.0. The molecule has 0 saturated heterocycles. The van der Waals surface area contributed by atoms with Crippen LogP contribution in [-0.2, 0) is 16.0 Å². The molecule has 31 heavy (non-hydrogen) atoms. The zero-order valence-electron chi connectivity index (χ0n) is 17.8. The first kappa shape index (κ1) is 23.9. The number of carbonyl (C=O) groups excluding carboxylic acids is 2.